The lowest BCUT2D eigenvalue weighted by molar-refractivity contribution is -0.142. The fourth-order valence-electron chi connectivity index (χ4n) is 2.11. The Morgan fingerprint density at radius 1 is 1.53 bits per heavy atom. The minimum Gasteiger partial charge on any atom is -0.480 e. The fraction of sp³-hybridized carbons (Fsp3) is 0.500. The molecule has 2 aliphatic heterocycles. The zero-order valence-electron chi connectivity index (χ0n) is 9.32. The van der Waals surface area contributed by atoms with Crippen LogP contribution in [-0.4, -0.2) is 47.0 Å². The number of carboxylic acids is 1. The van der Waals surface area contributed by atoms with E-state index in [1.165, 1.54) is 4.90 Å². The second kappa shape index (κ2) is 4.08. The van der Waals surface area contributed by atoms with E-state index in [2.05, 4.69) is 10.6 Å². The molecule has 0 unspecified atom stereocenters. The van der Waals surface area contributed by atoms with Gasteiger partial charge in [0, 0.05) is 5.70 Å². The zero-order valence-corrected chi connectivity index (χ0v) is 9.32. The highest BCUT2D eigenvalue weighted by molar-refractivity contribution is 6.02. The van der Waals surface area contributed by atoms with Gasteiger partial charge in [0.2, 0.25) is 0 Å². The number of hydrogen-bond donors (Lipinski definition) is 3. The van der Waals surface area contributed by atoms with Gasteiger partial charge < -0.3 is 20.6 Å². The van der Waals surface area contributed by atoms with Gasteiger partial charge in [-0.25, -0.2) is 4.79 Å². The number of nitrogens with one attached hydrogen (secondary N) is 2. The zero-order chi connectivity index (χ0) is 12.6. The summed E-state index contributed by atoms with van der Waals surface area (Å²) in [6.07, 6.45) is 0.596. The lowest BCUT2D eigenvalue weighted by Crippen LogP contribution is -2.48. The van der Waals surface area contributed by atoms with Gasteiger partial charge in [0.1, 0.15) is 6.54 Å². The van der Waals surface area contributed by atoms with E-state index in [1.54, 1.807) is 0 Å². The van der Waals surface area contributed by atoms with Crippen molar-refractivity contribution in [1.82, 2.24) is 15.5 Å². The van der Waals surface area contributed by atoms with Gasteiger partial charge in [0.05, 0.1) is 18.2 Å². The van der Waals surface area contributed by atoms with E-state index in [-0.39, 0.29) is 31.1 Å². The summed E-state index contributed by atoms with van der Waals surface area (Å²) in [6.45, 7) is 1.66. The molecule has 0 aromatic heterocycles. The summed E-state index contributed by atoms with van der Waals surface area (Å²) in [4.78, 5) is 35.1. The molecule has 2 heterocycles. The molecule has 3 N–H and O–H groups in total. The van der Waals surface area contributed by atoms with Crippen LogP contribution in [0.5, 0.6) is 0 Å². The fourth-order valence-corrected chi connectivity index (χ4v) is 2.11. The van der Waals surface area contributed by atoms with Crippen LogP contribution in [0, 0.1) is 0 Å². The van der Waals surface area contributed by atoms with Crippen LogP contribution >= 0.6 is 0 Å². The van der Waals surface area contributed by atoms with Crippen molar-refractivity contribution in [2.45, 2.75) is 19.4 Å². The molecule has 0 saturated heterocycles. The molecule has 7 heteroatoms. The smallest absolute Gasteiger partial charge is 0.323 e. The van der Waals surface area contributed by atoms with E-state index in [0.717, 1.165) is 0 Å². The molecule has 0 radical (unpaired) electrons. The van der Waals surface area contributed by atoms with Crippen molar-refractivity contribution in [3.63, 3.8) is 0 Å². The van der Waals surface area contributed by atoms with E-state index in [4.69, 9.17) is 5.11 Å². The lowest BCUT2D eigenvalue weighted by Gasteiger charge is -2.23. The number of amides is 3. The normalized spacial score (nSPS) is 23.4. The Hall–Kier alpha value is -2.05. The summed E-state index contributed by atoms with van der Waals surface area (Å²) < 4.78 is 0. The Bertz CT molecular complexity index is 429. The summed E-state index contributed by atoms with van der Waals surface area (Å²) >= 11 is 0. The monoisotopic (exact) mass is 239 g/mol. The predicted molar refractivity (Wildman–Crippen MR) is 57.0 cm³/mol. The lowest BCUT2D eigenvalue weighted by atomic mass is 10.0. The minimum atomic E-state index is -1.06. The first-order valence-electron chi connectivity index (χ1n) is 5.34. The van der Waals surface area contributed by atoms with Crippen LogP contribution in [0.15, 0.2) is 11.3 Å². The van der Waals surface area contributed by atoms with Gasteiger partial charge in [-0.1, -0.05) is 6.92 Å². The summed E-state index contributed by atoms with van der Waals surface area (Å²) in [6, 6.07) is -0.675. The van der Waals surface area contributed by atoms with E-state index >= 15 is 0 Å². The number of rotatable bonds is 3. The van der Waals surface area contributed by atoms with Crippen molar-refractivity contribution in [1.29, 1.82) is 0 Å². The molecule has 17 heavy (non-hydrogen) atoms. The van der Waals surface area contributed by atoms with Crippen LogP contribution in [0.1, 0.15) is 13.3 Å². The number of carbonyl (C=O) groups is 3. The molecule has 0 aromatic rings. The molecule has 0 aliphatic carbocycles. The molecule has 92 valence electrons. The molecule has 0 aromatic carbocycles. The first-order valence-corrected chi connectivity index (χ1v) is 5.34. The quantitative estimate of drug-likeness (QED) is 0.604. The van der Waals surface area contributed by atoms with Gasteiger partial charge in [-0.05, 0) is 6.42 Å². The first-order chi connectivity index (χ1) is 8.02. The number of nitrogens with zero attached hydrogens (tertiary/aromatic N) is 1. The molecular weight excluding hydrogens is 226 g/mol. The maximum absolute atomic E-state index is 12.0. The molecule has 2 aliphatic rings. The second-order valence-corrected chi connectivity index (χ2v) is 4.01. The SMILES string of the molecule is CC[C@H]1NC(=O)NC2=C1C(=O)N(CC(=O)O)C2. The minimum absolute atomic E-state index is 0.157. The van der Waals surface area contributed by atoms with Crippen molar-refractivity contribution in [2.24, 2.45) is 0 Å². The summed E-state index contributed by atoms with van der Waals surface area (Å²) in [5.41, 5.74) is 1.00. The van der Waals surface area contributed by atoms with Crippen molar-refractivity contribution in [3.8, 4) is 0 Å². The molecule has 0 bridgehead atoms. The Balaban J connectivity index is 2.23. The largest absolute Gasteiger partial charge is 0.480 e. The Labute approximate surface area is 97.5 Å². The number of aliphatic carboxylic acids is 1. The van der Waals surface area contributed by atoms with Crippen LogP contribution in [0.25, 0.3) is 0 Å². The van der Waals surface area contributed by atoms with Crippen LogP contribution in [-0.2, 0) is 9.59 Å². The summed E-state index contributed by atoms with van der Waals surface area (Å²) in [5, 5.41) is 13.9. The molecule has 7 nitrogen and oxygen atoms in total. The Morgan fingerprint density at radius 3 is 2.82 bits per heavy atom. The highest BCUT2D eigenvalue weighted by Gasteiger charge is 2.39. The van der Waals surface area contributed by atoms with E-state index in [1.807, 2.05) is 6.92 Å². The van der Waals surface area contributed by atoms with Gasteiger partial charge in [-0.15, -0.1) is 0 Å². The van der Waals surface area contributed by atoms with Gasteiger partial charge in [0.25, 0.3) is 5.91 Å². The number of urea groups is 1. The predicted octanol–water partition coefficient (Wildman–Crippen LogP) is -0.741. The number of carbonyl (C=O) groups excluding carboxylic acids is 2. The Kier molecular flexibility index (Phi) is 2.74. The second-order valence-electron chi connectivity index (χ2n) is 4.01. The topological polar surface area (TPSA) is 98.7 Å². The molecule has 0 spiro atoms. The molecule has 1 atom stereocenters. The third-order valence-corrected chi connectivity index (χ3v) is 2.84. The first kappa shape index (κ1) is 11.4. The van der Waals surface area contributed by atoms with E-state index in [0.29, 0.717) is 17.7 Å². The van der Waals surface area contributed by atoms with Gasteiger partial charge in [-0.3, -0.25) is 9.59 Å². The van der Waals surface area contributed by atoms with Gasteiger partial charge in [0.15, 0.2) is 0 Å². The van der Waals surface area contributed by atoms with Crippen molar-refractivity contribution < 1.29 is 19.5 Å². The van der Waals surface area contributed by atoms with Crippen molar-refractivity contribution in [2.75, 3.05) is 13.1 Å². The maximum Gasteiger partial charge on any atom is 0.323 e. The highest BCUT2D eigenvalue weighted by Crippen LogP contribution is 2.24. The Morgan fingerprint density at radius 2 is 2.24 bits per heavy atom. The van der Waals surface area contributed by atoms with Crippen LogP contribution < -0.4 is 10.6 Å². The van der Waals surface area contributed by atoms with Crippen LogP contribution in [0.4, 0.5) is 4.79 Å². The number of carboxylic acid groups (broad SMARTS) is 1. The molecule has 0 fully saturated rings. The van der Waals surface area contributed by atoms with Gasteiger partial charge in [-0.2, -0.15) is 0 Å². The van der Waals surface area contributed by atoms with Crippen molar-refractivity contribution in [3.05, 3.63) is 11.3 Å². The molecule has 2 rings (SSSR count). The third kappa shape index (κ3) is 1.95. The average Bonchev–Trinajstić information content (AvgIpc) is 2.53. The van der Waals surface area contributed by atoms with Crippen LogP contribution in [0.2, 0.25) is 0 Å². The average molecular weight is 239 g/mol. The maximum atomic E-state index is 12.0. The number of hydrogen-bond acceptors (Lipinski definition) is 3. The summed E-state index contributed by atoms with van der Waals surface area (Å²) in [7, 11) is 0. The third-order valence-electron chi connectivity index (χ3n) is 2.84. The van der Waals surface area contributed by atoms with E-state index < -0.39 is 5.97 Å². The van der Waals surface area contributed by atoms with Gasteiger partial charge >= 0.3 is 12.0 Å². The molecule has 3 amide bonds. The molecular formula is C10H13N3O4. The van der Waals surface area contributed by atoms with E-state index in [9.17, 15) is 14.4 Å². The van der Waals surface area contributed by atoms with Crippen LogP contribution in [0.3, 0.4) is 0 Å². The highest BCUT2D eigenvalue weighted by atomic mass is 16.4. The standard InChI is InChI=1S/C10H13N3O4/c1-2-5-8-6(12-10(17)11-5)3-13(9(8)16)4-7(14)15/h5H,2-4H2,1H3,(H,14,15)(H2,11,12,17)/t5-/m1/s1. The van der Waals surface area contributed by atoms with Crippen molar-refractivity contribution >= 4 is 17.9 Å². The molecule has 0 saturated carbocycles. The summed E-state index contributed by atoms with van der Waals surface area (Å²) in [5.74, 6) is -1.38.